The molecule has 0 N–H and O–H groups in total. The van der Waals surface area contributed by atoms with E-state index < -0.39 is 0 Å². The van der Waals surface area contributed by atoms with E-state index in [0.29, 0.717) is 11.1 Å². The summed E-state index contributed by atoms with van der Waals surface area (Å²) in [5.41, 5.74) is 6.39. The van der Waals surface area contributed by atoms with Crippen LogP contribution in [0.5, 0.6) is 5.75 Å². The SMILES string of the molecule is CCCCCCCCOc1ccc(-c2ccc(-c3ccc(C#N)c4nsnc34)cc2)cc1. The van der Waals surface area contributed by atoms with Crippen LogP contribution in [0, 0.1) is 11.3 Å². The molecule has 0 aliphatic rings. The van der Waals surface area contributed by atoms with Gasteiger partial charge in [0.1, 0.15) is 22.9 Å². The summed E-state index contributed by atoms with van der Waals surface area (Å²) >= 11 is 1.14. The van der Waals surface area contributed by atoms with Crippen molar-refractivity contribution in [1.29, 1.82) is 5.26 Å². The summed E-state index contributed by atoms with van der Waals surface area (Å²) in [7, 11) is 0. The van der Waals surface area contributed by atoms with Gasteiger partial charge >= 0.3 is 0 Å². The lowest BCUT2D eigenvalue weighted by atomic mass is 9.98. The summed E-state index contributed by atoms with van der Waals surface area (Å²) in [6, 6.07) is 22.7. The summed E-state index contributed by atoms with van der Waals surface area (Å²) < 4.78 is 14.6. The molecule has 5 heteroatoms. The molecule has 0 saturated carbocycles. The molecule has 162 valence electrons. The number of ether oxygens (including phenoxy) is 1. The second kappa shape index (κ2) is 10.9. The van der Waals surface area contributed by atoms with Crippen LogP contribution in [-0.2, 0) is 0 Å². The molecule has 4 nitrogen and oxygen atoms in total. The Hall–Kier alpha value is -3.23. The van der Waals surface area contributed by atoms with Gasteiger partial charge in [-0.05, 0) is 41.3 Å². The third-order valence-corrected chi connectivity index (χ3v) is 6.21. The van der Waals surface area contributed by atoms with Crippen molar-refractivity contribution >= 4 is 22.8 Å². The highest BCUT2D eigenvalue weighted by Crippen LogP contribution is 2.31. The monoisotopic (exact) mass is 441 g/mol. The minimum atomic E-state index is 0.563. The summed E-state index contributed by atoms with van der Waals surface area (Å²) in [6.07, 6.45) is 7.62. The minimum absolute atomic E-state index is 0.563. The fraction of sp³-hybridized carbons (Fsp3) is 0.296. The highest BCUT2D eigenvalue weighted by molar-refractivity contribution is 7.00. The van der Waals surface area contributed by atoms with Crippen molar-refractivity contribution < 1.29 is 4.74 Å². The van der Waals surface area contributed by atoms with Crippen LogP contribution in [0.3, 0.4) is 0 Å². The van der Waals surface area contributed by atoms with Crippen molar-refractivity contribution in [2.45, 2.75) is 45.4 Å². The predicted octanol–water partition coefficient (Wildman–Crippen LogP) is 7.64. The maximum atomic E-state index is 9.28. The number of benzene rings is 3. The molecule has 32 heavy (non-hydrogen) atoms. The maximum absolute atomic E-state index is 9.28. The number of fused-ring (bicyclic) bond motifs is 1. The second-order valence-corrected chi connectivity index (χ2v) is 8.48. The van der Waals surface area contributed by atoms with Crippen LogP contribution in [0.15, 0.2) is 60.7 Å². The molecule has 0 unspecified atom stereocenters. The molecule has 0 spiro atoms. The van der Waals surface area contributed by atoms with Gasteiger partial charge in [0.2, 0.25) is 0 Å². The molecule has 0 atom stereocenters. The lowest BCUT2D eigenvalue weighted by molar-refractivity contribution is 0.304. The lowest BCUT2D eigenvalue weighted by Crippen LogP contribution is -1.97. The van der Waals surface area contributed by atoms with Crippen molar-refractivity contribution in [2.24, 2.45) is 0 Å². The molecule has 0 fully saturated rings. The van der Waals surface area contributed by atoms with Gasteiger partial charge in [0.25, 0.3) is 0 Å². The van der Waals surface area contributed by atoms with E-state index in [1.165, 1.54) is 32.1 Å². The topological polar surface area (TPSA) is 58.8 Å². The van der Waals surface area contributed by atoms with Crippen molar-refractivity contribution in [3.8, 4) is 34.1 Å². The molecule has 0 radical (unpaired) electrons. The summed E-state index contributed by atoms with van der Waals surface area (Å²) in [6.45, 7) is 3.03. The zero-order chi connectivity index (χ0) is 22.2. The first kappa shape index (κ1) is 22.0. The van der Waals surface area contributed by atoms with Crippen molar-refractivity contribution in [2.75, 3.05) is 6.61 Å². The predicted molar refractivity (Wildman–Crippen MR) is 132 cm³/mol. The van der Waals surface area contributed by atoms with Crippen molar-refractivity contribution in [3.05, 3.63) is 66.2 Å². The largest absolute Gasteiger partial charge is 0.494 e. The van der Waals surface area contributed by atoms with E-state index in [0.717, 1.165) is 58.3 Å². The average Bonchev–Trinajstić information content (AvgIpc) is 3.34. The molecule has 1 aromatic heterocycles. The normalized spacial score (nSPS) is 10.9. The molecule has 4 aromatic rings. The van der Waals surface area contributed by atoms with Gasteiger partial charge in [-0.2, -0.15) is 14.0 Å². The number of rotatable bonds is 10. The van der Waals surface area contributed by atoms with Gasteiger partial charge in [0.05, 0.1) is 23.9 Å². The number of hydrogen-bond acceptors (Lipinski definition) is 5. The van der Waals surface area contributed by atoms with E-state index in [4.69, 9.17) is 4.74 Å². The minimum Gasteiger partial charge on any atom is -0.494 e. The molecular weight excluding hydrogens is 414 g/mol. The zero-order valence-corrected chi connectivity index (χ0v) is 19.2. The Bertz CT molecular complexity index is 1190. The summed E-state index contributed by atoms with van der Waals surface area (Å²) in [5.74, 6) is 0.926. The van der Waals surface area contributed by atoms with Crippen molar-refractivity contribution in [3.63, 3.8) is 0 Å². The first-order valence-electron chi connectivity index (χ1n) is 11.3. The highest BCUT2D eigenvalue weighted by atomic mass is 32.1. The summed E-state index contributed by atoms with van der Waals surface area (Å²) in [5, 5.41) is 9.28. The fourth-order valence-electron chi connectivity index (χ4n) is 3.85. The zero-order valence-electron chi connectivity index (χ0n) is 18.4. The van der Waals surface area contributed by atoms with Gasteiger partial charge in [-0.3, -0.25) is 0 Å². The van der Waals surface area contributed by atoms with Gasteiger partial charge in [-0.1, -0.05) is 81.5 Å². The number of nitrogens with zero attached hydrogens (tertiary/aromatic N) is 3. The molecule has 0 aliphatic carbocycles. The Morgan fingerprint density at radius 1 is 0.750 bits per heavy atom. The Kier molecular flexibility index (Phi) is 7.47. The molecule has 4 rings (SSSR count). The Balaban J connectivity index is 1.38. The van der Waals surface area contributed by atoms with Crippen LogP contribution in [0.4, 0.5) is 0 Å². The van der Waals surface area contributed by atoms with Crippen LogP contribution >= 0.6 is 11.7 Å². The molecule has 1 heterocycles. The van der Waals surface area contributed by atoms with E-state index >= 15 is 0 Å². The Morgan fingerprint density at radius 2 is 1.38 bits per heavy atom. The molecular formula is C27H27N3OS. The smallest absolute Gasteiger partial charge is 0.123 e. The third kappa shape index (κ3) is 5.15. The van der Waals surface area contributed by atoms with E-state index in [1.807, 2.05) is 24.3 Å². The van der Waals surface area contributed by atoms with Crippen LogP contribution in [0.25, 0.3) is 33.3 Å². The van der Waals surface area contributed by atoms with E-state index in [-0.39, 0.29) is 0 Å². The number of hydrogen-bond donors (Lipinski definition) is 0. The van der Waals surface area contributed by atoms with Gasteiger partial charge < -0.3 is 4.74 Å². The molecule has 3 aromatic carbocycles. The van der Waals surface area contributed by atoms with Gasteiger partial charge in [-0.15, -0.1) is 0 Å². The summed E-state index contributed by atoms with van der Waals surface area (Å²) in [4.78, 5) is 0. The first-order valence-corrected chi connectivity index (χ1v) is 12.0. The number of aromatic nitrogens is 2. The van der Waals surface area contributed by atoms with Gasteiger partial charge in [0, 0.05) is 5.56 Å². The average molecular weight is 442 g/mol. The van der Waals surface area contributed by atoms with Crippen LogP contribution in [0.2, 0.25) is 0 Å². The standard InChI is InChI=1S/C27H27N3OS/c1-2-3-4-5-6-7-18-31-24-15-12-21(13-16-24)20-8-10-22(11-9-20)25-17-14-23(19-28)26-27(25)30-32-29-26/h8-17H,2-7,18H2,1H3. The highest BCUT2D eigenvalue weighted by Gasteiger charge is 2.12. The van der Waals surface area contributed by atoms with Crippen LogP contribution in [0.1, 0.15) is 51.0 Å². The van der Waals surface area contributed by atoms with Crippen LogP contribution in [-0.4, -0.2) is 15.4 Å². The molecule has 0 aliphatic heterocycles. The Labute approximate surface area is 193 Å². The molecule has 0 bridgehead atoms. The van der Waals surface area contributed by atoms with Gasteiger partial charge in [0.15, 0.2) is 0 Å². The van der Waals surface area contributed by atoms with E-state index in [2.05, 4.69) is 58.1 Å². The van der Waals surface area contributed by atoms with E-state index in [1.54, 1.807) is 0 Å². The lowest BCUT2D eigenvalue weighted by Gasteiger charge is -2.09. The first-order chi connectivity index (χ1) is 15.8. The molecule has 0 saturated heterocycles. The fourth-order valence-corrected chi connectivity index (χ4v) is 4.42. The van der Waals surface area contributed by atoms with Gasteiger partial charge in [-0.25, -0.2) is 0 Å². The Morgan fingerprint density at radius 3 is 2.09 bits per heavy atom. The quantitative estimate of drug-likeness (QED) is 0.237. The molecule has 0 amide bonds. The van der Waals surface area contributed by atoms with Crippen LogP contribution < -0.4 is 4.74 Å². The number of unbranched alkanes of at least 4 members (excludes halogenated alkanes) is 5. The number of nitriles is 1. The van der Waals surface area contributed by atoms with E-state index in [9.17, 15) is 5.26 Å². The second-order valence-electron chi connectivity index (χ2n) is 7.95. The van der Waals surface area contributed by atoms with Crippen molar-refractivity contribution in [1.82, 2.24) is 8.75 Å². The maximum Gasteiger partial charge on any atom is 0.123 e. The third-order valence-electron chi connectivity index (χ3n) is 5.69.